The average molecular weight is 539 g/mol. The molecule has 0 saturated carbocycles. The van der Waals surface area contributed by atoms with Crippen LogP contribution in [-0.4, -0.2) is 30.5 Å². The first kappa shape index (κ1) is 27.7. The molecule has 6 nitrogen and oxygen atoms in total. The van der Waals surface area contributed by atoms with E-state index < -0.39 is 5.91 Å². The number of nitrogens with one attached hydrogen (secondary N) is 2. The first-order valence-electron chi connectivity index (χ1n) is 12.6. The Bertz CT molecular complexity index is 1450. The average Bonchev–Trinajstić information content (AvgIpc) is 2.97. The number of ketones is 1. The summed E-state index contributed by atoms with van der Waals surface area (Å²) in [6, 6.07) is 28.9. The number of carbonyl (C=O) groups is 3. The minimum Gasteiger partial charge on any atom is -0.497 e. The number of methoxy groups -OCH3 is 1. The van der Waals surface area contributed by atoms with Crippen LogP contribution >= 0.6 is 11.8 Å². The maximum atomic E-state index is 13.3. The second-order valence-corrected chi connectivity index (χ2v) is 10.1. The number of rotatable bonds is 11. The molecule has 0 aliphatic rings. The number of thioether (sulfide) groups is 1. The molecule has 2 N–H and O–H groups in total. The minimum absolute atomic E-state index is 0.166. The van der Waals surface area contributed by atoms with E-state index in [4.69, 9.17) is 4.74 Å². The van der Waals surface area contributed by atoms with Gasteiger partial charge in [0.1, 0.15) is 5.75 Å². The number of amides is 2. The van der Waals surface area contributed by atoms with E-state index in [1.807, 2.05) is 43.3 Å². The van der Waals surface area contributed by atoms with Crippen molar-refractivity contribution < 1.29 is 19.1 Å². The van der Waals surface area contributed by atoms with Crippen LogP contribution in [0.4, 0.5) is 11.4 Å². The van der Waals surface area contributed by atoms with Crippen molar-refractivity contribution in [2.45, 2.75) is 24.7 Å². The summed E-state index contributed by atoms with van der Waals surface area (Å²) in [4.78, 5) is 40.2. The summed E-state index contributed by atoms with van der Waals surface area (Å²) in [5, 5.41) is 5.74. The Balaban J connectivity index is 1.39. The van der Waals surface area contributed by atoms with Crippen LogP contribution in [0.25, 0.3) is 0 Å². The second kappa shape index (κ2) is 13.4. The zero-order valence-electron chi connectivity index (χ0n) is 21.9. The number of hydrogen-bond donors (Lipinski definition) is 2. The summed E-state index contributed by atoms with van der Waals surface area (Å²) in [5.74, 6) is 0.840. The van der Waals surface area contributed by atoms with Gasteiger partial charge in [0.15, 0.2) is 5.78 Å². The van der Waals surface area contributed by atoms with Crippen LogP contribution in [0.1, 0.15) is 44.7 Å². The van der Waals surface area contributed by atoms with Gasteiger partial charge in [-0.3, -0.25) is 14.4 Å². The van der Waals surface area contributed by atoms with Crippen LogP contribution in [0.5, 0.6) is 5.75 Å². The van der Waals surface area contributed by atoms with Crippen molar-refractivity contribution in [1.29, 1.82) is 0 Å². The van der Waals surface area contributed by atoms with Crippen molar-refractivity contribution >= 4 is 40.7 Å². The fourth-order valence-corrected chi connectivity index (χ4v) is 4.84. The van der Waals surface area contributed by atoms with Crippen LogP contribution in [0.3, 0.4) is 0 Å². The molecule has 7 heteroatoms. The zero-order chi connectivity index (χ0) is 27.6. The van der Waals surface area contributed by atoms with Crippen LogP contribution < -0.4 is 15.4 Å². The van der Waals surface area contributed by atoms with Gasteiger partial charge in [0.2, 0.25) is 5.91 Å². The lowest BCUT2D eigenvalue weighted by Gasteiger charge is -2.14. The van der Waals surface area contributed by atoms with Gasteiger partial charge in [-0.2, -0.15) is 0 Å². The smallest absolute Gasteiger partial charge is 0.257 e. The molecule has 4 aromatic rings. The third-order valence-corrected chi connectivity index (χ3v) is 7.12. The number of aryl methyl sites for hydroxylation is 1. The van der Waals surface area contributed by atoms with Crippen molar-refractivity contribution in [2.75, 3.05) is 23.5 Å². The van der Waals surface area contributed by atoms with Crippen LogP contribution in [0.2, 0.25) is 0 Å². The number of ether oxygens (including phenoxy) is 1. The summed E-state index contributed by atoms with van der Waals surface area (Å²) in [7, 11) is 1.63. The standard InChI is InChI=1S/C32H30N2O4S/c1-22-14-19-29(27(21-22)31(36)23-9-4-3-5-10-23)34-32(37)26-11-6-7-12-28(26)33-30(35)13-8-20-39-25-17-15-24(38-2)16-18-25/h3-7,9-12,14-19,21H,8,13,20H2,1-2H3,(H,33,35)(H,34,37). The number of anilines is 2. The lowest BCUT2D eigenvalue weighted by atomic mass is 9.99. The Morgan fingerprint density at radius 3 is 2.21 bits per heavy atom. The molecule has 0 unspecified atom stereocenters. The lowest BCUT2D eigenvalue weighted by molar-refractivity contribution is -0.116. The number of para-hydroxylation sites is 1. The molecule has 39 heavy (non-hydrogen) atoms. The molecule has 0 heterocycles. The third-order valence-electron chi connectivity index (χ3n) is 6.03. The molecule has 0 bridgehead atoms. The van der Waals surface area contributed by atoms with E-state index in [9.17, 15) is 14.4 Å². The van der Waals surface area contributed by atoms with Crippen LogP contribution in [-0.2, 0) is 4.79 Å². The SMILES string of the molecule is COc1ccc(SCCCC(=O)Nc2ccccc2C(=O)Nc2ccc(C)cc2C(=O)c2ccccc2)cc1. The molecule has 0 aliphatic heterocycles. The Morgan fingerprint density at radius 2 is 1.46 bits per heavy atom. The van der Waals surface area contributed by atoms with Crippen molar-refractivity contribution in [3.8, 4) is 5.75 Å². The summed E-state index contributed by atoms with van der Waals surface area (Å²) in [5.41, 5.74) is 3.01. The van der Waals surface area contributed by atoms with Gasteiger partial charge in [0.05, 0.1) is 24.0 Å². The highest BCUT2D eigenvalue weighted by atomic mass is 32.2. The molecule has 0 saturated heterocycles. The third kappa shape index (κ3) is 7.58. The van der Waals surface area contributed by atoms with Crippen molar-refractivity contribution in [3.63, 3.8) is 0 Å². The largest absolute Gasteiger partial charge is 0.497 e. The van der Waals surface area contributed by atoms with E-state index in [0.717, 1.165) is 22.0 Å². The zero-order valence-corrected chi connectivity index (χ0v) is 22.7. The number of carbonyl (C=O) groups excluding carboxylic acids is 3. The predicted molar refractivity (Wildman–Crippen MR) is 157 cm³/mol. The summed E-state index contributed by atoms with van der Waals surface area (Å²) >= 11 is 1.67. The molecule has 198 valence electrons. The maximum Gasteiger partial charge on any atom is 0.257 e. The minimum atomic E-state index is -0.410. The van der Waals surface area contributed by atoms with Crippen LogP contribution in [0.15, 0.2) is 102 Å². The topological polar surface area (TPSA) is 84.5 Å². The monoisotopic (exact) mass is 538 g/mol. The molecule has 4 rings (SSSR count). The quantitative estimate of drug-likeness (QED) is 0.122. The lowest BCUT2D eigenvalue weighted by Crippen LogP contribution is -2.19. The van der Waals surface area contributed by atoms with Crippen LogP contribution in [0, 0.1) is 6.92 Å². The molecule has 4 aromatic carbocycles. The first-order valence-corrected chi connectivity index (χ1v) is 13.6. The van der Waals surface area contributed by atoms with Gasteiger partial charge >= 0.3 is 0 Å². The maximum absolute atomic E-state index is 13.3. The van der Waals surface area contributed by atoms with Gasteiger partial charge in [0.25, 0.3) is 5.91 Å². The highest BCUT2D eigenvalue weighted by Gasteiger charge is 2.18. The molecular weight excluding hydrogens is 508 g/mol. The second-order valence-electron chi connectivity index (χ2n) is 8.92. The van der Waals surface area contributed by atoms with Gasteiger partial charge in [-0.25, -0.2) is 0 Å². The fraction of sp³-hybridized carbons (Fsp3) is 0.156. The number of hydrogen-bond acceptors (Lipinski definition) is 5. The van der Waals surface area contributed by atoms with Gasteiger partial charge in [-0.15, -0.1) is 11.8 Å². The molecule has 0 aliphatic carbocycles. The number of benzene rings is 4. The van der Waals surface area contributed by atoms with Gasteiger partial charge in [0, 0.05) is 22.4 Å². The predicted octanol–water partition coefficient (Wildman–Crippen LogP) is 7.00. The fourth-order valence-electron chi connectivity index (χ4n) is 3.99. The van der Waals surface area contributed by atoms with Crippen molar-refractivity contribution in [3.05, 3.63) is 119 Å². The van der Waals surface area contributed by atoms with E-state index in [-0.39, 0.29) is 11.7 Å². The van der Waals surface area contributed by atoms with E-state index in [2.05, 4.69) is 10.6 Å². The highest BCUT2D eigenvalue weighted by molar-refractivity contribution is 7.99. The van der Waals surface area contributed by atoms with Crippen molar-refractivity contribution in [1.82, 2.24) is 0 Å². The van der Waals surface area contributed by atoms with Crippen molar-refractivity contribution in [2.24, 2.45) is 0 Å². The summed E-state index contributed by atoms with van der Waals surface area (Å²) < 4.78 is 5.18. The summed E-state index contributed by atoms with van der Waals surface area (Å²) in [6.07, 6.45) is 1.01. The molecule has 0 spiro atoms. The Labute approximate surface area is 232 Å². The first-order chi connectivity index (χ1) is 18.9. The van der Waals surface area contributed by atoms with E-state index in [0.29, 0.717) is 40.9 Å². The van der Waals surface area contributed by atoms with Gasteiger partial charge < -0.3 is 15.4 Å². The highest BCUT2D eigenvalue weighted by Crippen LogP contribution is 2.25. The van der Waals surface area contributed by atoms with E-state index in [1.54, 1.807) is 79.5 Å². The molecule has 2 amide bonds. The Kier molecular flexibility index (Phi) is 9.53. The normalized spacial score (nSPS) is 10.5. The van der Waals surface area contributed by atoms with E-state index in [1.165, 1.54) is 0 Å². The Morgan fingerprint density at radius 1 is 0.769 bits per heavy atom. The van der Waals surface area contributed by atoms with Gasteiger partial charge in [-0.05, 0) is 67.6 Å². The molecule has 0 radical (unpaired) electrons. The van der Waals surface area contributed by atoms with E-state index >= 15 is 0 Å². The molecule has 0 fully saturated rings. The molecular formula is C32H30N2O4S. The molecule has 0 atom stereocenters. The Hall–Kier alpha value is -4.36. The summed E-state index contributed by atoms with van der Waals surface area (Å²) in [6.45, 7) is 1.90. The van der Waals surface area contributed by atoms with Gasteiger partial charge in [-0.1, -0.05) is 54.1 Å². The molecule has 0 aromatic heterocycles.